The van der Waals surface area contributed by atoms with Crippen molar-refractivity contribution in [3.05, 3.63) is 0 Å². The highest BCUT2D eigenvalue weighted by molar-refractivity contribution is 7.80. The van der Waals surface area contributed by atoms with Gasteiger partial charge in [0.25, 0.3) is 0 Å². The number of carboxylic acids is 1. The molecule has 0 aromatic heterocycles. The van der Waals surface area contributed by atoms with Crippen LogP contribution in [0.1, 0.15) is 48.0 Å². The van der Waals surface area contributed by atoms with Gasteiger partial charge >= 0.3 is 5.97 Å². The number of carboxylic acid groups (broad SMARTS) is 1. The fourth-order valence-corrected chi connectivity index (χ4v) is 2.76. The molecule has 4 atom stereocenters. The van der Waals surface area contributed by atoms with Crippen LogP contribution < -0.4 is 21.7 Å². The first kappa shape index (κ1) is 27.2. The smallest absolute Gasteiger partial charge is 0.326 e. The van der Waals surface area contributed by atoms with Crippen molar-refractivity contribution >= 4 is 36.3 Å². The molecule has 0 fully saturated rings. The maximum Gasteiger partial charge on any atom is 0.326 e. The average molecular weight is 433 g/mol. The summed E-state index contributed by atoms with van der Waals surface area (Å²) in [4.78, 5) is 48.8. The molecule has 0 saturated carbocycles. The third-order valence-corrected chi connectivity index (χ3v) is 4.77. The van der Waals surface area contributed by atoms with Crippen LogP contribution >= 0.6 is 12.6 Å². The Hall–Kier alpha value is -1.81. The quantitative estimate of drug-likeness (QED) is 0.241. The van der Waals surface area contributed by atoms with E-state index in [4.69, 9.17) is 5.73 Å². The summed E-state index contributed by atoms with van der Waals surface area (Å²) in [7, 11) is 0. The predicted molar refractivity (Wildman–Crippen MR) is 114 cm³/mol. The molecule has 0 aliphatic carbocycles. The first-order valence-electron chi connectivity index (χ1n) is 9.82. The van der Waals surface area contributed by atoms with Crippen molar-refractivity contribution in [1.29, 1.82) is 0 Å². The Kier molecular flexibility index (Phi) is 11.9. The second kappa shape index (κ2) is 12.7. The first-order valence-corrected chi connectivity index (χ1v) is 10.4. The zero-order chi connectivity index (χ0) is 22.9. The van der Waals surface area contributed by atoms with Crippen molar-refractivity contribution in [3.63, 3.8) is 0 Å². The first-order chi connectivity index (χ1) is 13.3. The Balaban J connectivity index is 5.28. The number of rotatable bonds is 12. The summed E-state index contributed by atoms with van der Waals surface area (Å²) in [5.41, 5.74) is 5.80. The van der Waals surface area contributed by atoms with Crippen LogP contribution in [0.4, 0.5) is 0 Å². The van der Waals surface area contributed by atoms with Gasteiger partial charge in [-0.05, 0) is 24.2 Å². The number of hydrogen-bond donors (Lipinski definition) is 6. The number of nitrogens with two attached hydrogens (primary N) is 1. The van der Waals surface area contributed by atoms with Gasteiger partial charge in [0.15, 0.2) is 0 Å². The molecule has 168 valence electrons. The minimum absolute atomic E-state index is 0.0160. The van der Waals surface area contributed by atoms with Crippen molar-refractivity contribution in [3.8, 4) is 0 Å². The summed E-state index contributed by atoms with van der Waals surface area (Å²) in [6, 6.07) is -3.76. The second-order valence-corrected chi connectivity index (χ2v) is 8.64. The Morgan fingerprint density at radius 2 is 1.31 bits per heavy atom. The Morgan fingerprint density at radius 3 is 1.69 bits per heavy atom. The zero-order valence-corrected chi connectivity index (χ0v) is 19.0. The second-order valence-electron chi connectivity index (χ2n) is 8.27. The molecule has 3 amide bonds. The highest BCUT2D eigenvalue weighted by Gasteiger charge is 2.31. The van der Waals surface area contributed by atoms with Gasteiger partial charge in [0.2, 0.25) is 17.7 Å². The van der Waals surface area contributed by atoms with Gasteiger partial charge in [0, 0.05) is 5.75 Å². The van der Waals surface area contributed by atoms with Crippen LogP contribution in [0.15, 0.2) is 0 Å². The zero-order valence-electron chi connectivity index (χ0n) is 18.1. The van der Waals surface area contributed by atoms with E-state index >= 15 is 0 Å². The fourth-order valence-electron chi connectivity index (χ4n) is 2.51. The summed E-state index contributed by atoms with van der Waals surface area (Å²) in [5, 5.41) is 16.9. The molecule has 0 aliphatic heterocycles. The van der Waals surface area contributed by atoms with E-state index in [2.05, 4.69) is 28.6 Å². The summed E-state index contributed by atoms with van der Waals surface area (Å²) >= 11 is 4.11. The number of nitrogens with one attached hydrogen (secondary N) is 3. The van der Waals surface area contributed by atoms with Crippen molar-refractivity contribution in [2.75, 3.05) is 5.75 Å². The van der Waals surface area contributed by atoms with Gasteiger partial charge in [-0.3, -0.25) is 14.4 Å². The lowest BCUT2D eigenvalue weighted by molar-refractivity contribution is -0.143. The minimum atomic E-state index is -1.15. The molecule has 0 aliphatic rings. The third kappa shape index (κ3) is 9.49. The number of hydrogen-bond acceptors (Lipinski definition) is 6. The molecule has 10 heteroatoms. The van der Waals surface area contributed by atoms with Gasteiger partial charge in [-0.2, -0.15) is 12.6 Å². The van der Waals surface area contributed by atoms with E-state index in [9.17, 15) is 24.3 Å². The molecule has 0 bridgehead atoms. The van der Waals surface area contributed by atoms with E-state index in [1.54, 1.807) is 27.7 Å². The molecule has 6 N–H and O–H groups in total. The van der Waals surface area contributed by atoms with E-state index < -0.39 is 47.9 Å². The van der Waals surface area contributed by atoms with Crippen LogP contribution in [0.5, 0.6) is 0 Å². The van der Waals surface area contributed by atoms with E-state index in [1.165, 1.54) is 0 Å². The van der Waals surface area contributed by atoms with Gasteiger partial charge in [-0.15, -0.1) is 0 Å². The van der Waals surface area contributed by atoms with E-state index in [-0.39, 0.29) is 23.5 Å². The van der Waals surface area contributed by atoms with Gasteiger partial charge in [-0.1, -0.05) is 41.5 Å². The molecule has 9 nitrogen and oxygen atoms in total. The Bertz CT molecular complexity index is 583. The molecule has 0 radical (unpaired) electrons. The molecule has 0 rings (SSSR count). The molecule has 4 unspecified atom stereocenters. The lowest BCUT2D eigenvalue weighted by Crippen LogP contribution is -2.58. The number of amides is 3. The maximum atomic E-state index is 12.6. The van der Waals surface area contributed by atoms with Crippen molar-refractivity contribution < 1.29 is 24.3 Å². The highest BCUT2D eigenvalue weighted by Crippen LogP contribution is 2.09. The molecular formula is C19H36N4O5S. The van der Waals surface area contributed by atoms with Crippen molar-refractivity contribution in [2.24, 2.45) is 23.5 Å². The SMILES string of the molecule is CC(C)CC(NC(=O)C(CS)NC(=O)C(N)C(C)C)C(=O)NC(C(=O)O)C(C)C. The number of carbonyl (C=O) groups excluding carboxylic acids is 3. The minimum Gasteiger partial charge on any atom is -0.480 e. The van der Waals surface area contributed by atoms with Crippen LogP contribution in [-0.4, -0.2) is 58.7 Å². The predicted octanol–water partition coefficient (Wildman–Crippen LogP) is 0.141. The summed E-state index contributed by atoms with van der Waals surface area (Å²) < 4.78 is 0. The number of thiol groups is 1. The van der Waals surface area contributed by atoms with Crippen LogP contribution in [0.25, 0.3) is 0 Å². The van der Waals surface area contributed by atoms with E-state index in [0.29, 0.717) is 6.42 Å². The van der Waals surface area contributed by atoms with Crippen LogP contribution in [0.2, 0.25) is 0 Å². The maximum absolute atomic E-state index is 12.6. The Labute approximate surface area is 178 Å². The van der Waals surface area contributed by atoms with Crippen LogP contribution in [0, 0.1) is 17.8 Å². The lowest BCUT2D eigenvalue weighted by atomic mass is 10.00. The molecule has 0 aromatic carbocycles. The molecule has 0 heterocycles. The normalized spacial score (nSPS) is 15.6. The molecule has 0 saturated heterocycles. The number of aliphatic carboxylic acids is 1. The van der Waals surface area contributed by atoms with Crippen molar-refractivity contribution in [1.82, 2.24) is 16.0 Å². The Morgan fingerprint density at radius 1 is 0.828 bits per heavy atom. The van der Waals surface area contributed by atoms with E-state index in [1.807, 2.05) is 13.8 Å². The largest absolute Gasteiger partial charge is 0.480 e. The molecule has 0 aromatic rings. The monoisotopic (exact) mass is 432 g/mol. The lowest BCUT2D eigenvalue weighted by Gasteiger charge is -2.26. The topological polar surface area (TPSA) is 151 Å². The average Bonchev–Trinajstić information content (AvgIpc) is 2.61. The molecule has 0 spiro atoms. The van der Waals surface area contributed by atoms with Gasteiger partial charge in [0.1, 0.15) is 18.1 Å². The number of carbonyl (C=O) groups is 4. The van der Waals surface area contributed by atoms with Gasteiger partial charge in [-0.25, -0.2) is 4.79 Å². The van der Waals surface area contributed by atoms with Crippen LogP contribution in [-0.2, 0) is 19.2 Å². The van der Waals surface area contributed by atoms with Gasteiger partial charge < -0.3 is 26.8 Å². The summed E-state index contributed by atoms with van der Waals surface area (Å²) in [6.07, 6.45) is 0.306. The molecular weight excluding hydrogens is 396 g/mol. The fraction of sp³-hybridized carbons (Fsp3) is 0.789. The molecule has 29 heavy (non-hydrogen) atoms. The summed E-state index contributed by atoms with van der Waals surface area (Å²) in [5.74, 6) is -3.15. The van der Waals surface area contributed by atoms with Gasteiger partial charge in [0.05, 0.1) is 6.04 Å². The van der Waals surface area contributed by atoms with Crippen molar-refractivity contribution in [2.45, 2.75) is 72.1 Å². The third-order valence-electron chi connectivity index (χ3n) is 4.41. The van der Waals surface area contributed by atoms with E-state index in [0.717, 1.165) is 0 Å². The van der Waals surface area contributed by atoms with Crippen LogP contribution in [0.3, 0.4) is 0 Å². The summed E-state index contributed by atoms with van der Waals surface area (Å²) in [6.45, 7) is 10.7. The standard InChI is InChI=1S/C19H36N4O5S/c1-9(2)7-12(16(24)23-15(11(5)6)19(27)28)21-17(25)13(8-29)22-18(26)14(20)10(3)4/h9-15,29H,7-8,20H2,1-6H3,(H,21,25)(H,22,26)(H,23,24)(H,27,28). The highest BCUT2D eigenvalue weighted by atomic mass is 32.1.